The lowest BCUT2D eigenvalue weighted by Gasteiger charge is -2.29. The molecule has 0 radical (unpaired) electrons. The van der Waals surface area contributed by atoms with Crippen LogP contribution in [-0.2, 0) is 33.3 Å². The predicted molar refractivity (Wildman–Crippen MR) is 61.4 cm³/mol. The molecule has 0 aromatic carbocycles. The van der Waals surface area contributed by atoms with Gasteiger partial charge in [0.05, 0.1) is 13.0 Å². The minimum atomic E-state index is -2.14. The van der Waals surface area contributed by atoms with E-state index in [1.807, 2.05) is 0 Å². The standard InChI is InChI=1S/C12H14O7/c1-4-9(13)17-12(6-3,18-10(14)5-2)19-11(15)8-7-16-8/h4-5,8H,1-2,6-7H2,3H3. The van der Waals surface area contributed by atoms with Gasteiger partial charge in [0.2, 0.25) is 0 Å². The van der Waals surface area contributed by atoms with Crippen molar-refractivity contribution in [1.82, 2.24) is 0 Å². The fourth-order valence-electron chi connectivity index (χ4n) is 1.07. The summed E-state index contributed by atoms with van der Waals surface area (Å²) in [6, 6.07) is 0. The van der Waals surface area contributed by atoms with Crippen LogP contribution >= 0.6 is 0 Å². The number of hydrogen-bond donors (Lipinski definition) is 0. The van der Waals surface area contributed by atoms with Crippen LogP contribution in [0.2, 0.25) is 0 Å². The second-order valence-electron chi connectivity index (χ2n) is 3.53. The molecular weight excluding hydrogens is 256 g/mol. The van der Waals surface area contributed by atoms with Gasteiger partial charge in [0.15, 0.2) is 6.10 Å². The van der Waals surface area contributed by atoms with Crippen LogP contribution in [0.5, 0.6) is 0 Å². The molecule has 1 fully saturated rings. The van der Waals surface area contributed by atoms with E-state index in [0.29, 0.717) is 0 Å². The first-order valence-electron chi connectivity index (χ1n) is 5.51. The molecule has 0 spiro atoms. The summed E-state index contributed by atoms with van der Waals surface area (Å²) >= 11 is 0. The summed E-state index contributed by atoms with van der Waals surface area (Å²) < 4.78 is 19.3. The predicted octanol–water partition coefficient (Wildman–Crippen LogP) is 0.451. The van der Waals surface area contributed by atoms with Crippen molar-refractivity contribution in [2.75, 3.05) is 6.61 Å². The molecule has 19 heavy (non-hydrogen) atoms. The number of rotatable bonds is 7. The highest BCUT2D eigenvalue weighted by molar-refractivity contribution is 5.84. The van der Waals surface area contributed by atoms with Crippen LogP contribution in [0.1, 0.15) is 13.3 Å². The Morgan fingerprint density at radius 1 is 1.21 bits per heavy atom. The van der Waals surface area contributed by atoms with Crippen molar-refractivity contribution in [3.8, 4) is 0 Å². The van der Waals surface area contributed by atoms with E-state index in [0.717, 1.165) is 12.2 Å². The molecule has 0 aliphatic carbocycles. The van der Waals surface area contributed by atoms with Crippen LogP contribution in [0.15, 0.2) is 25.3 Å². The van der Waals surface area contributed by atoms with Gasteiger partial charge in [0.1, 0.15) is 0 Å². The molecular formula is C12H14O7. The van der Waals surface area contributed by atoms with Gasteiger partial charge in [-0.3, -0.25) is 0 Å². The first-order chi connectivity index (χ1) is 8.96. The maximum atomic E-state index is 11.5. The summed E-state index contributed by atoms with van der Waals surface area (Å²) in [4.78, 5) is 34.0. The Kier molecular flexibility index (Phi) is 4.82. The zero-order valence-corrected chi connectivity index (χ0v) is 10.4. The highest BCUT2D eigenvalue weighted by Gasteiger charge is 2.45. The Morgan fingerprint density at radius 3 is 2.00 bits per heavy atom. The molecule has 0 bridgehead atoms. The van der Waals surface area contributed by atoms with Crippen LogP contribution in [0, 0.1) is 0 Å². The fraction of sp³-hybridized carbons (Fsp3) is 0.417. The van der Waals surface area contributed by atoms with Crippen molar-refractivity contribution in [3.05, 3.63) is 25.3 Å². The first-order valence-corrected chi connectivity index (χ1v) is 5.51. The lowest BCUT2D eigenvalue weighted by molar-refractivity contribution is -0.327. The third-order valence-electron chi connectivity index (χ3n) is 2.13. The van der Waals surface area contributed by atoms with Crippen LogP contribution in [0.3, 0.4) is 0 Å². The van der Waals surface area contributed by atoms with E-state index in [4.69, 9.17) is 18.9 Å². The van der Waals surface area contributed by atoms with E-state index < -0.39 is 30.0 Å². The van der Waals surface area contributed by atoms with E-state index in [-0.39, 0.29) is 13.0 Å². The van der Waals surface area contributed by atoms with Gasteiger partial charge in [-0.15, -0.1) is 0 Å². The third kappa shape index (κ3) is 4.22. The summed E-state index contributed by atoms with van der Waals surface area (Å²) in [7, 11) is 0. The van der Waals surface area contributed by atoms with Gasteiger partial charge in [-0.05, 0) is 0 Å². The second-order valence-corrected chi connectivity index (χ2v) is 3.53. The highest BCUT2D eigenvalue weighted by Crippen LogP contribution is 2.24. The van der Waals surface area contributed by atoms with E-state index in [2.05, 4.69) is 13.2 Å². The van der Waals surface area contributed by atoms with Gasteiger partial charge < -0.3 is 18.9 Å². The average Bonchev–Trinajstić information content (AvgIpc) is 3.22. The van der Waals surface area contributed by atoms with E-state index in [1.54, 1.807) is 0 Å². The van der Waals surface area contributed by atoms with E-state index in [9.17, 15) is 14.4 Å². The summed E-state index contributed by atoms with van der Waals surface area (Å²) in [5, 5.41) is 0. The molecule has 0 saturated carbocycles. The number of carbonyl (C=O) groups is 3. The van der Waals surface area contributed by atoms with Crippen molar-refractivity contribution in [2.45, 2.75) is 25.4 Å². The molecule has 1 heterocycles. The van der Waals surface area contributed by atoms with Gasteiger partial charge in [0.25, 0.3) is 0 Å². The molecule has 104 valence electrons. The zero-order chi connectivity index (χ0) is 14.5. The van der Waals surface area contributed by atoms with Crippen LogP contribution in [-0.4, -0.2) is 36.6 Å². The second kappa shape index (κ2) is 6.14. The van der Waals surface area contributed by atoms with Crippen LogP contribution < -0.4 is 0 Å². The summed E-state index contributed by atoms with van der Waals surface area (Å²) in [5.41, 5.74) is 0. The summed E-state index contributed by atoms with van der Waals surface area (Å²) in [6.45, 7) is 8.13. The Hall–Kier alpha value is -2.15. The maximum Gasteiger partial charge on any atom is 0.423 e. The van der Waals surface area contributed by atoms with E-state index in [1.165, 1.54) is 6.92 Å². The third-order valence-corrected chi connectivity index (χ3v) is 2.13. The van der Waals surface area contributed by atoms with Crippen molar-refractivity contribution in [1.29, 1.82) is 0 Å². The van der Waals surface area contributed by atoms with Crippen molar-refractivity contribution >= 4 is 17.9 Å². The highest BCUT2D eigenvalue weighted by atomic mass is 16.9. The van der Waals surface area contributed by atoms with Gasteiger partial charge in [-0.25, -0.2) is 14.4 Å². The van der Waals surface area contributed by atoms with Crippen LogP contribution in [0.4, 0.5) is 0 Å². The molecule has 0 amide bonds. The van der Waals surface area contributed by atoms with Gasteiger partial charge in [-0.2, -0.15) is 0 Å². The van der Waals surface area contributed by atoms with Crippen molar-refractivity contribution in [2.24, 2.45) is 0 Å². The molecule has 1 atom stereocenters. The topological polar surface area (TPSA) is 91.4 Å². The number of esters is 3. The molecule has 1 aliphatic rings. The monoisotopic (exact) mass is 270 g/mol. The summed E-state index contributed by atoms with van der Waals surface area (Å²) in [5.74, 6) is -4.72. The van der Waals surface area contributed by atoms with Gasteiger partial charge in [0, 0.05) is 12.2 Å². The lowest BCUT2D eigenvalue weighted by Crippen LogP contribution is -2.44. The zero-order valence-electron chi connectivity index (χ0n) is 10.4. The Labute approximate surface area is 109 Å². The number of ether oxygens (including phenoxy) is 4. The normalized spacial score (nSPS) is 17.0. The van der Waals surface area contributed by atoms with E-state index >= 15 is 0 Å². The number of hydrogen-bond acceptors (Lipinski definition) is 7. The Bertz CT molecular complexity index is 386. The number of carbonyl (C=O) groups excluding carboxylic acids is 3. The molecule has 7 heteroatoms. The molecule has 0 aromatic heterocycles. The lowest BCUT2D eigenvalue weighted by atomic mass is 10.4. The first kappa shape index (κ1) is 14.9. The fourth-order valence-corrected chi connectivity index (χ4v) is 1.07. The molecule has 1 saturated heterocycles. The maximum absolute atomic E-state index is 11.5. The largest absolute Gasteiger partial charge is 0.423 e. The number of epoxide rings is 1. The van der Waals surface area contributed by atoms with Gasteiger partial charge in [-0.1, -0.05) is 20.1 Å². The molecule has 1 rings (SSSR count). The Morgan fingerprint density at radius 2 is 1.68 bits per heavy atom. The summed E-state index contributed by atoms with van der Waals surface area (Å²) in [6.07, 6.45) is 0.891. The minimum Gasteiger partial charge on any atom is -0.386 e. The quantitative estimate of drug-likeness (QED) is 0.287. The van der Waals surface area contributed by atoms with Crippen molar-refractivity contribution < 1.29 is 33.3 Å². The average molecular weight is 270 g/mol. The minimum absolute atomic E-state index is 0.0926. The van der Waals surface area contributed by atoms with Crippen LogP contribution in [0.25, 0.3) is 0 Å². The molecule has 7 nitrogen and oxygen atoms in total. The van der Waals surface area contributed by atoms with Gasteiger partial charge >= 0.3 is 23.9 Å². The van der Waals surface area contributed by atoms with Crippen molar-refractivity contribution in [3.63, 3.8) is 0 Å². The Balaban J connectivity index is 2.85. The smallest absolute Gasteiger partial charge is 0.386 e. The molecule has 0 N–H and O–H groups in total. The molecule has 0 aromatic rings. The SMILES string of the molecule is C=CC(=O)OC(CC)(OC(=O)C=C)OC(=O)C1CO1. The molecule has 1 aliphatic heterocycles. The molecule has 1 unspecified atom stereocenters.